The average Bonchev–Trinajstić information content (AvgIpc) is 3.04. The van der Waals surface area contributed by atoms with Gasteiger partial charge in [0.2, 0.25) is 0 Å². The van der Waals surface area contributed by atoms with Crippen LogP contribution in [0.2, 0.25) is 0 Å². The highest BCUT2D eigenvalue weighted by Crippen LogP contribution is 2.21. The van der Waals surface area contributed by atoms with Crippen molar-refractivity contribution in [1.82, 2.24) is 9.80 Å². The van der Waals surface area contributed by atoms with E-state index in [0.717, 1.165) is 45.4 Å². The number of carbonyl (C=O) groups excluding carboxylic acids is 2. The van der Waals surface area contributed by atoms with E-state index in [9.17, 15) is 9.59 Å². The van der Waals surface area contributed by atoms with Crippen molar-refractivity contribution in [2.24, 2.45) is 11.8 Å². The Hall–Kier alpha value is -1.30. The molecule has 46 heavy (non-hydrogen) atoms. The number of hydrogen-bond acceptors (Lipinski definition) is 5. The Labute approximate surface area is 287 Å². The Kier molecular flexibility index (Phi) is 31.3. The standard InChI is InChI=1S/C39H76N2O4.CH4/c1-5-8-11-13-14-15-18-22-27-37(35-45-39(43)41-32-30-40(4)31-33-41)28-23-19-16-17-20-24-29-38(42)44-34-36(25-10-7-3)26-21-12-9-6-2;/h36-37H,5-35H2,1-4H3;1H4. The molecule has 2 atom stereocenters. The maximum Gasteiger partial charge on any atom is 0.409 e. The van der Waals surface area contributed by atoms with Crippen LogP contribution in [0, 0.1) is 11.8 Å². The Morgan fingerprint density at radius 3 is 1.41 bits per heavy atom. The highest BCUT2D eigenvalue weighted by Gasteiger charge is 2.21. The summed E-state index contributed by atoms with van der Waals surface area (Å²) in [5.74, 6) is 1.02. The predicted octanol–water partition coefficient (Wildman–Crippen LogP) is 11.6. The Bertz CT molecular complexity index is 680. The van der Waals surface area contributed by atoms with Gasteiger partial charge in [0.05, 0.1) is 13.2 Å². The highest BCUT2D eigenvalue weighted by atomic mass is 16.6. The van der Waals surface area contributed by atoms with E-state index in [0.29, 0.717) is 31.5 Å². The molecule has 1 aliphatic rings. The van der Waals surface area contributed by atoms with Gasteiger partial charge in [0.15, 0.2) is 0 Å². The van der Waals surface area contributed by atoms with Crippen molar-refractivity contribution in [2.45, 2.75) is 189 Å². The van der Waals surface area contributed by atoms with Crippen LogP contribution in [0.25, 0.3) is 0 Å². The van der Waals surface area contributed by atoms with E-state index in [-0.39, 0.29) is 19.5 Å². The summed E-state index contributed by atoms with van der Waals surface area (Å²) in [6.07, 6.45) is 30.3. The van der Waals surface area contributed by atoms with Crippen molar-refractivity contribution in [3.63, 3.8) is 0 Å². The molecule has 1 saturated heterocycles. The van der Waals surface area contributed by atoms with Crippen LogP contribution in [-0.2, 0) is 14.3 Å². The van der Waals surface area contributed by atoms with Gasteiger partial charge in [-0.25, -0.2) is 4.79 Å². The Morgan fingerprint density at radius 2 is 0.913 bits per heavy atom. The molecule has 1 aliphatic heterocycles. The van der Waals surface area contributed by atoms with Crippen LogP contribution >= 0.6 is 0 Å². The van der Waals surface area contributed by atoms with Gasteiger partial charge in [-0.2, -0.15) is 0 Å². The Balaban J connectivity index is 0.0000202. The molecule has 1 heterocycles. The van der Waals surface area contributed by atoms with Crippen molar-refractivity contribution in [2.75, 3.05) is 46.4 Å². The topological polar surface area (TPSA) is 59.1 Å². The first kappa shape index (κ1) is 44.7. The summed E-state index contributed by atoms with van der Waals surface area (Å²) in [5.41, 5.74) is 0. The lowest BCUT2D eigenvalue weighted by atomic mass is 9.94. The fourth-order valence-corrected chi connectivity index (χ4v) is 6.50. The van der Waals surface area contributed by atoms with Crippen molar-refractivity contribution >= 4 is 12.1 Å². The number of rotatable bonds is 30. The van der Waals surface area contributed by atoms with Crippen LogP contribution in [0.15, 0.2) is 0 Å². The molecule has 6 nitrogen and oxygen atoms in total. The van der Waals surface area contributed by atoms with Crippen molar-refractivity contribution in [3.8, 4) is 0 Å². The van der Waals surface area contributed by atoms with E-state index < -0.39 is 0 Å². The molecule has 0 aromatic heterocycles. The number of esters is 1. The molecular weight excluding hydrogens is 572 g/mol. The van der Waals surface area contributed by atoms with E-state index in [1.807, 2.05) is 4.90 Å². The van der Waals surface area contributed by atoms with E-state index >= 15 is 0 Å². The number of likely N-dealkylation sites (N-methyl/N-ethyl adjacent to an activating group) is 1. The van der Waals surface area contributed by atoms with Gasteiger partial charge in [-0.3, -0.25) is 4.79 Å². The number of amides is 1. The second-order valence-corrected chi connectivity index (χ2v) is 14.2. The van der Waals surface area contributed by atoms with E-state index in [1.165, 1.54) is 135 Å². The summed E-state index contributed by atoms with van der Waals surface area (Å²) >= 11 is 0. The molecule has 0 spiro atoms. The minimum absolute atomic E-state index is 0. The molecule has 1 rings (SSSR count). The third-order valence-corrected chi connectivity index (χ3v) is 9.83. The van der Waals surface area contributed by atoms with Gasteiger partial charge in [0.1, 0.15) is 0 Å². The summed E-state index contributed by atoms with van der Waals surface area (Å²) in [4.78, 5) is 29.2. The lowest BCUT2D eigenvalue weighted by Gasteiger charge is -2.32. The van der Waals surface area contributed by atoms with Crippen LogP contribution in [0.4, 0.5) is 4.79 Å². The van der Waals surface area contributed by atoms with Gasteiger partial charge < -0.3 is 19.3 Å². The highest BCUT2D eigenvalue weighted by molar-refractivity contribution is 5.69. The van der Waals surface area contributed by atoms with Gasteiger partial charge >= 0.3 is 12.1 Å². The zero-order valence-corrected chi connectivity index (χ0v) is 30.6. The molecule has 1 amide bonds. The quantitative estimate of drug-likeness (QED) is 0.0571. The summed E-state index contributed by atoms with van der Waals surface area (Å²) in [7, 11) is 2.11. The Morgan fingerprint density at radius 1 is 0.522 bits per heavy atom. The zero-order chi connectivity index (χ0) is 32.8. The lowest BCUT2D eigenvalue weighted by Crippen LogP contribution is -2.47. The molecule has 0 N–H and O–H groups in total. The first-order valence-corrected chi connectivity index (χ1v) is 19.8. The number of nitrogens with zero attached hydrogens (tertiary/aromatic N) is 2. The van der Waals surface area contributed by atoms with Gasteiger partial charge in [-0.05, 0) is 51.0 Å². The minimum atomic E-state index is -0.119. The van der Waals surface area contributed by atoms with E-state index in [2.05, 4.69) is 32.7 Å². The van der Waals surface area contributed by atoms with Gasteiger partial charge in [0, 0.05) is 32.6 Å². The van der Waals surface area contributed by atoms with Crippen molar-refractivity contribution < 1.29 is 19.1 Å². The summed E-state index contributed by atoms with van der Waals surface area (Å²) in [5, 5.41) is 0. The normalized spacial score (nSPS) is 14.9. The summed E-state index contributed by atoms with van der Waals surface area (Å²) < 4.78 is 11.5. The molecular formula is C40H80N2O4. The number of unbranched alkanes of at least 4 members (excludes halogenated alkanes) is 16. The second kappa shape index (κ2) is 32.3. The first-order valence-electron chi connectivity index (χ1n) is 19.8. The summed E-state index contributed by atoms with van der Waals surface area (Å²) in [6, 6.07) is 0. The molecule has 6 heteroatoms. The molecule has 0 saturated carbocycles. The van der Waals surface area contributed by atoms with Crippen LogP contribution < -0.4 is 0 Å². The largest absolute Gasteiger partial charge is 0.465 e. The first-order chi connectivity index (χ1) is 22.0. The van der Waals surface area contributed by atoms with E-state index in [4.69, 9.17) is 9.47 Å². The van der Waals surface area contributed by atoms with Crippen LogP contribution in [0.5, 0.6) is 0 Å². The van der Waals surface area contributed by atoms with Crippen molar-refractivity contribution in [3.05, 3.63) is 0 Å². The molecule has 0 aromatic rings. The van der Waals surface area contributed by atoms with Crippen LogP contribution in [-0.4, -0.2) is 68.3 Å². The molecule has 0 aromatic carbocycles. The summed E-state index contributed by atoms with van der Waals surface area (Å²) in [6.45, 7) is 11.4. The number of carbonyl (C=O) groups is 2. The fraction of sp³-hybridized carbons (Fsp3) is 0.950. The number of piperazine rings is 1. The fourth-order valence-electron chi connectivity index (χ4n) is 6.50. The third kappa shape index (κ3) is 25.7. The maximum atomic E-state index is 12.7. The smallest absolute Gasteiger partial charge is 0.409 e. The second-order valence-electron chi connectivity index (χ2n) is 14.2. The molecule has 1 fully saturated rings. The van der Waals surface area contributed by atoms with Gasteiger partial charge in [0.25, 0.3) is 0 Å². The van der Waals surface area contributed by atoms with Crippen LogP contribution in [0.1, 0.15) is 189 Å². The SMILES string of the molecule is C.CCCCCCCCCCC(CCCCCCCCC(=O)OCC(CCCC)CCCCCC)COC(=O)N1CCN(C)CC1. The maximum absolute atomic E-state index is 12.7. The minimum Gasteiger partial charge on any atom is -0.465 e. The molecule has 0 bridgehead atoms. The molecule has 0 aliphatic carbocycles. The zero-order valence-electron chi connectivity index (χ0n) is 30.6. The van der Waals surface area contributed by atoms with Crippen molar-refractivity contribution in [1.29, 1.82) is 0 Å². The lowest BCUT2D eigenvalue weighted by molar-refractivity contribution is -0.145. The van der Waals surface area contributed by atoms with Gasteiger partial charge in [-0.15, -0.1) is 0 Å². The monoisotopic (exact) mass is 653 g/mol. The van der Waals surface area contributed by atoms with E-state index in [1.54, 1.807) is 0 Å². The van der Waals surface area contributed by atoms with Crippen LogP contribution in [0.3, 0.4) is 0 Å². The number of ether oxygens (including phenoxy) is 2. The van der Waals surface area contributed by atoms with Gasteiger partial charge in [-0.1, -0.05) is 150 Å². The number of hydrogen-bond donors (Lipinski definition) is 0. The predicted molar refractivity (Wildman–Crippen MR) is 198 cm³/mol. The molecule has 0 radical (unpaired) electrons. The average molecular weight is 653 g/mol. The molecule has 2 unspecified atom stereocenters. The molecule has 274 valence electrons. The third-order valence-electron chi connectivity index (χ3n) is 9.83.